The fourth-order valence-corrected chi connectivity index (χ4v) is 5.57. The molecule has 0 unspecified atom stereocenters. The van der Waals surface area contributed by atoms with Crippen molar-refractivity contribution in [3.63, 3.8) is 0 Å². The molecule has 1 heterocycles. The van der Waals surface area contributed by atoms with Crippen molar-refractivity contribution in [1.82, 2.24) is 0 Å². The summed E-state index contributed by atoms with van der Waals surface area (Å²) in [5, 5.41) is 1.02. The number of rotatable bonds is 6. The first-order valence-electron chi connectivity index (χ1n) is 10.9. The van der Waals surface area contributed by atoms with E-state index in [0.717, 1.165) is 48.0 Å². The second-order valence-electron chi connectivity index (χ2n) is 9.23. The summed E-state index contributed by atoms with van der Waals surface area (Å²) in [6, 6.07) is 10.3. The second kappa shape index (κ2) is 7.90. The normalized spacial score (nSPS) is 16.9. The van der Waals surface area contributed by atoms with Crippen molar-refractivity contribution in [3.05, 3.63) is 53.3 Å². The number of nitrogens with one attached hydrogen (secondary N) is 1. The number of hydrogen-bond acceptors (Lipinski definition) is 4. The molecule has 2 aromatic carbocycles. The second-order valence-corrected chi connectivity index (χ2v) is 10.9. The van der Waals surface area contributed by atoms with E-state index >= 15 is 0 Å². The van der Waals surface area contributed by atoms with Crippen LogP contribution in [0.2, 0.25) is 0 Å². The van der Waals surface area contributed by atoms with Gasteiger partial charge in [0.15, 0.2) is 0 Å². The summed E-state index contributed by atoms with van der Waals surface area (Å²) >= 11 is 0. The van der Waals surface area contributed by atoms with Crippen LogP contribution in [0.1, 0.15) is 50.5 Å². The molecule has 5 nitrogen and oxygen atoms in total. The summed E-state index contributed by atoms with van der Waals surface area (Å²) in [6.45, 7) is 8.82. The molecular formula is C25H31NO4S. The summed E-state index contributed by atoms with van der Waals surface area (Å²) in [6.07, 6.45) is 4.17. The lowest BCUT2D eigenvalue weighted by Crippen LogP contribution is -2.28. The van der Waals surface area contributed by atoms with Crippen molar-refractivity contribution in [2.45, 2.75) is 58.3 Å². The van der Waals surface area contributed by atoms with Gasteiger partial charge in [0.1, 0.15) is 17.1 Å². The number of methoxy groups -OCH3 is 1. The Morgan fingerprint density at radius 2 is 1.90 bits per heavy atom. The monoisotopic (exact) mass is 441 g/mol. The molecule has 0 bridgehead atoms. The predicted octanol–water partition coefficient (Wildman–Crippen LogP) is 6.09. The zero-order valence-corrected chi connectivity index (χ0v) is 19.7. The van der Waals surface area contributed by atoms with Crippen LogP contribution in [0.5, 0.6) is 5.75 Å². The van der Waals surface area contributed by atoms with Gasteiger partial charge in [0.05, 0.1) is 17.7 Å². The fraction of sp³-hybridized carbons (Fsp3) is 0.440. The maximum absolute atomic E-state index is 13.0. The number of furan rings is 1. The summed E-state index contributed by atoms with van der Waals surface area (Å²) in [4.78, 5) is 0.201. The summed E-state index contributed by atoms with van der Waals surface area (Å²) in [7, 11) is -2.15. The number of sulfonamides is 1. The molecule has 0 saturated carbocycles. The average Bonchev–Trinajstić information content (AvgIpc) is 3.10. The highest BCUT2D eigenvalue weighted by Gasteiger charge is 2.33. The Kier molecular flexibility index (Phi) is 5.54. The lowest BCUT2D eigenvalue weighted by molar-refractivity contribution is 0.179. The van der Waals surface area contributed by atoms with Crippen LogP contribution in [-0.4, -0.2) is 15.5 Å². The lowest BCUT2D eigenvalue weighted by Gasteiger charge is -2.36. The molecule has 0 aliphatic heterocycles. The zero-order chi connectivity index (χ0) is 22.4. The van der Waals surface area contributed by atoms with E-state index < -0.39 is 10.0 Å². The van der Waals surface area contributed by atoms with E-state index in [4.69, 9.17) is 9.15 Å². The molecule has 31 heavy (non-hydrogen) atoms. The highest BCUT2D eigenvalue weighted by atomic mass is 32.2. The van der Waals surface area contributed by atoms with Gasteiger partial charge in [0.2, 0.25) is 0 Å². The highest BCUT2D eigenvalue weighted by Crippen LogP contribution is 2.43. The average molecular weight is 442 g/mol. The van der Waals surface area contributed by atoms with Gasteiger partial charge in [-0.15, -0.1) is 0 Å². The smallest absolute Gasteiger partial charge is 0.261 e. The molecule has 0 radical (unpaired) electrons. The van der Waals surface area contributed by atoms with E-state index in [2.05, 4.69) is 25.5 Å². The molecule has 1 aromatic heterocycles. The third kappa shape index (κ3) is 4.05. The van der Waals surface area contributed by atoms with Gasteiger partial charge in [0, 0.05) is 17.4 Å². The number of benzene rings is 2. The molecule has 0 spiro atoms. The van der Waals surface area contributed by atoms with E-state index in [1.807, 2.05) is 19.1 Å². The van der Waals surface area contributed by atoms with Gasteiger partial charge in [-0.05, 0) is 73.1 Å². The van der Waals surface area contributed by atoms with Gasteiger partial charge in [-0.25, -0.2) is 8.42 Å². The molecule has 6 heteroatoms. The van der Waals surface area contributed by atoms with Crippen LogP contribution in [0.4, 0.5) is 5.69 Å². The topological polar surface area (TPSA) is 68.5 Å². The third-order valence-electron chi connectivity index (χ3n) is 7.02. The van der Waals surface area contributed by atoms with Crippen molar-refractivity contribution in [2.24, 2.45) is 11.3 Å². The number of hydrogen-bond donors (Lipinski definition) is 1. The Hall–Kier alpha value is -2.47. The Morgan fingerprint density at radius 3 is 2.55 bits per heavy atom. The fourth-order valence-electron chi connectivity index (χ4n) is 4.45. The SMILES string of the molecule is CCC(C)(C)[C@@H]1CCc2oc3cc(C)c(NS(=O)(=O)c4ccc(OC)cc4)cc3c2C1. The van der Waals surface area contributed by atoms with Crippen molar-refractivity contribution in [1.29, 1.82) is 0 Å². The molecule has 166 valence electrons. The molecule has 4 rings (SSSR count). The van der Waals surface area contributed by atoms with Gasteiger partial charge < -0.3 is 9.15 Å². The molecule has 0 amide bonds. The highest BCUT2D eigenvalue weighted by molar-refractivity contribution is 7.92. The number of fused-ring (bicyclic) bond motifs is 3. The first-order valence-corrected chi connectivity index (χ1v) is 12.3. The zero-order valence-electron chi connectivity index (χ0n) is 18.9. The van der Waals surface area contributed by atoms with E-state index in [0.29, 0.717) is 17.4 Å². The minimum Gasteiger partial charge on any atom is -0.497 e. The third-order valence-corrected chi connectivity index (χ3v) is 8.40. The van der Waals surface area contributed by atoms with Crippen LogP contribution in [0, 0.1) is 18.3 Å². The Morgan fingerprint density at radius 1 is 1.19 bits per heavy atom. The first-order chi connectivity index (χ1) is 14.6. The molecule has 0 saturated heterocycles. The molecular weight excluding hydrogens is 410 g/mol. The van der Waals surface area contributed by atoms with Gasteiger partial charge >= 0.3 is 0 Å². The Balaban J connectivity index is 1.70. The van der Waals surface area contributed by atoms with Gasteiger partial charge in [0.25, 0.3) is 10.0 Å². The van der Waals surface area contributed by atoms with E-state index in [1.165, 1.54) is 5.56 Å². The van der Waals surface area contributed by atoms with Crippen LogP contribution < -0.4 is 9.46 Å². The number of aryl methyl sites for hydroxylation is 2. The quantitative estimate of drug-likeness (QED) is 0.502. The van der Waals surface area contributed by atoms with Crippen LogP contribution in [0.25, 0.3) is 11.0 Å². The predicted molar refractivity (Wildman–Crippen MR) is 124 cm³/mol. The van der Waals surface area contributed by atoms with Gasteiger partial charge in [-0.1, -0.05) is 27.2 Å². The largest absolute Gasteiger partial charge is 0.497 e. The standard InChI is InChI=1S/C25H31NO4S/c1-6-25(3,4)17-7-12-23-20(14-17)21-15-22(16(2)13-24(21)30-23)26-31(27,28)19-10-8-18(29-5)9-11-19/h8-11,13,15,17,26H,6-7,12,14H2,1-5H3/t17-/m1/s1. The summed E-state index contributed by atoms with van der Waals surface area (Å²) < 4.78 is 40.0. The minimum atomic E-state index is -3.71. The van der Waals surface area contributed by atoms with Crippen molar-refractivity contribution in [3.8, 4) is 5.75 Å². The van der Waals surface area contributed by atoms with Gasteiger partial charge in [-0.3, -0.25) is 4.72 Å². The number of anilines is 1. The van der Waals surface area contributed by atoms with Crippen molar-refractivity contribution in [2.75, 3.05) is 11.8 Å². The Bertz CT molecular complexity index is 1210. The van der Waals surface area contributed by atoms with Gasteiger partial charge in [-0.2, -0.15) is 0 Å². The number of ether oxygens (including phenoxy) is 1. The van der Waals surface area contributed by atoms with E-state index in [-0.39, 0.29) is 10.3 Å². The molecule has 1 atom stereocenters. The minimum absolute atomic E-state index is 0.201. The van der Waals surface area contributed by atoms with Crippen LogP contribution in [-0.2, 0) is 22.9 Å². The first kappa shape index (κ1) is 21.8. The van der Waals surface area contributed by atoms with Crippen molar-refractivity contribution >= 4 is 26.7 Å². The van der Waals surface area contributed by atoms with Crippen LogP contribution in [0.3, 0.4) is 0 Å². The lowest BCUT2D eigenvalue weighted by atomic mass is 9.69. The molecule has 1 N–H and O–H groups in total. The van der Waals surface area contributed by atoms with Crippen molar-refractivity contribution < 1.29 is 17.6 Å². The molecule has 1 aliphatic rings. The molecule has 3 aromatic rings. The Labute approximate surface area is 184 Å². The van der Waals surface area contributed by atoms with Crippen LogP contribution >= 0.6 is 0 Å². The maximum atomic E-state index is 13.0. The maximum Gasteiger partial charge on any atom is 0.261 e. The van der Waals surface area contributed by atoms with Crippen LogP contribution in [0.15, 0.2) is 45.7 Å². The molecule has 1 aliphatic carbocycles. The summed E-state index contributed by atoms with van der Waals surface area (Å²) in [5.41, 5.74) is 3.76. The molecule has 0 fully saturated rings. The van der Waals surface area contributed by atoms with E-state index in [9.17, 15) is 8.42 Å². The summed E-state index contributed by atoms with van der Waals surface area (Å²) in [5.74, 6) is 2.25. The van der Waals surface area contributed by atoms with E-state index in [1.54, 1.807) is 31.4 Å².